The first kappa shape index (κ1) is 16.1. The van der Waals surface area contributed by atoms with Crippen molar-refractivity contribution in [1.29, 1.82) is 0 Å². The Labute approximate surface area is 121 Å². The maximum Gasteiger partial charge on any atom is 0.124 e. The van der Waals surface area contributed by atoms with E-state index in [-0.39, 0.29) is 6.04 Å². The van der Waals surface area contributed by atoms with Gasteiger partial charge in [0.2, 0.25) is 0 Å². The second-order valence-electron chi connectivity index (χ2n) is 4.75. The number of benzene rings is 1. The van der Waals surface area contributed by atoms with Gasteiger partial charge in [0.1, 0.15) is 12.4 Å². The first-order valence-corrected chi connectivity index (χ1v) is 7.28. The van der Waals surface area contributed by atoms with Crippen molar-refractivity contribution in [3.63, 3.8) is 0 Å². The van der Waals surface area contributed by atoms with Gasteiger partial charge < -0.3 is 10.1 Å². The first-order valence-electron chi connectivity index (χ1n) is 6.90. The van der Waals surface area contributed by atoms with Crippen LogP contribution in [0.5, 0.6) is 5.75 Å². The van der Waals surface area contributed by atoms with Gasteiger partial charge in [-0.3, -0.25) is 0 Å². The molecule has 2 nitrogen and oxygen atoms in total. The zero-order valence-electron chi connectivity index (χ0n) is 12.1. The fourth-order valence-electron chi connectivity index (χ4n) is 1.74. The lowest BCUT2D eigenvalue weighted by Crippen LogP contribution is -2.20. The van der Waals surface area contributed by atoms with Crippen LogP contribution in [0.3, 0.4) is 0 Å². The molecule has 1 atom stereocenters. The van der Waals surface area contributed by atoms with Gasteiger partial charge in [-0.05, 0) is 50.1 Å². The van der Waals surface area contributed by atoms with Crippen molar-refractivity contribution in [2.45, 2.75) is 39.7 Å². The summed E-state index contributed by atoms with van der Waals surface area (Å²) < 4.78 is 5.85. The highest BCUT2D eigenvalue weighted by molar-refractivity contribution is 6.30. The van der Waals surface area contributed by atoms with Gasteiger partial charge in [-0.1, -0.05) is 32.0 Å². The average molecular weight is 282 g/mol. The molecule has 0 saturated carbocycles. The van der Waals surface area contributed by atoms with Crippen LogP contribution >= 0.6 is 11.6 Å². The second-order valence-corrected chi connectivity index (χ2v) is 5.19. The Hall–Kier alpha value is -0.990. The maximum absolute atomic E-state index is 6.08. The number of rotatable bonds is 8. The predicted molar refractivity (Wildman–Crippen MR) is 83.1 cm³/mol. The van der Waals surface area contributed by atoms with Crippen LogP contribution in [-0.2, 0) is 0 Å². The van der Waals surface area contributed by atoms with Gasteiger partial charge in [-0.2, -0.15) is 0 Å². The third-order valence-electron chi connectivity index (χ3n) is 3.07. The van der Waals surface area contributed by atoms with Gasteiger partial charge in [0.05, 0.1) is 0 Å². The summed E-state index contributed by atoms with van der Waals surface area (Å²) >= 11 is 6.08. The number of halogens is 1. The minimum absolute atomic E-state index is 0.226. The van der Waals surface area contributed by atoms with Crippen LogP contribution in [0.2, 0.25) is 5.02 Å². The van der Waals surface area contributed by atoms with Crippen LogP contribution in [0.1, 0.15) is 45.2 Å². The Morgan fingerprint density at radius 2 is 2.16 bits per heavy atom. The predicted octanol–water partition coefficient (Wildman–Crippen LogP) is 4.75. The molecule has 3 heteroatoms. The number of hydrogen-bond donors (Lipinski definition) is 1. The minimum atomic E-state index is 0.226. The van der Waals surface area contributed by atoms with Gasteiger partial charge in [-0.15, -0.1) is 0 Å². The Kier molecular flexibility index (Phi) is 6.96. The molecule has 0 radical (unpaired) electrons. The minimum Gasteiger partial charge on any atom is -0.489 e. The van der Waals surface area contributed by atoms with E-state index < -0.39 is 0 Å². The van der Waals surface area contributed by atoms with Crippen molar-refractivity contribution in [1.82, 2.24) is 5.32 Å². The summed E-state index contributed by atoms with van der Waals surface area (Å²) in [6.45, 7) is 11.9. The molecule has 0 aliphatic heterocycles. The molecular formula is C16H24ClNO. The smallest absolute Gasteiger partial charge is 0.124 e. The summed E-state index contributed by atoms with van der Waals surface area (Å²) in [7, 11) is 0. The third-order valence-corrected chi connectivity index (χ3v) is 3.31. The molecule has 0 heterocycles. The van der Waals surface area contributed by atoms with Crippen LogP contribution in [0.15, 0.2) is 30.4 Å². The van der Waals surface area contributed by atoms with E-state index >= 15 is 0 Å². The molecule has 1 aromatic carbocycles. The van der Waals surface area contributed by atoms with Crippen molar-refractivity contribution in [3.8, 4) is 5.75 Å². The highest BCUT2D eigenvalue weighted by Crippen LogP contribution is 2.28. The monoisotopic (exact) mass is 281 g/mol. The van der Waals surface area contributed by atoms with Gasteiger partial charge in [0.15, 0.2) is 0 Å². The fourth-order valence-corrected chi connectivity index (χ4v) is 1.92. The SMILES string of the molecule is C=C(CC)COc1ccc(Cl)cc1C(C)NCCC. The molecule has 1 aromatic rings. The zero-order valence-corrected chi connectivity index (χ0v) is 12.9. The summed E-state index contributed by atoms with van der Waals surface area (Å²) in [5.41, 5.74) is 2.19. The quantitative estimate of drug-likeness (QED) is 0.695. The average Bonchev–Trinajstić information content (AvgIpc) is 2.42. The van der Waals surface area contributed by atoms with Crippen LogP contribution in [-0.4, -0.2) is 13.2 Å². The van der Waals surface area contributed by atoms with E-state index in [1.54, 1.807) is 0 Å². The van der Waals surface area contributed by atoms with Gasteiger partial charge in [0, 0.05) is 16.6 Å². The third kappa shape index (κ3) is 5.25. The summed E-state index contributed by atoms with van der Waals surface area (Å²) in [5, 5.41) is 4.19. The Morgan fingerprint density at radius 1 is 1.42 bits per heavy atom. The van der Waals surface area contributed by atoms with Crippen molar-refractivity contribution < 1.29 is 4.74 Å². The van der Waals surface area contributed by atoms with Gasteiger partial charge in [0.25, 0.3) is 0 Å². The summed E-state index contributed by atoms with van der Waals surface area (Å²) in [5.74, 6) is 0.884. The Morgan fingerprint density at radius 3 is 2.79 bits per heavy atom. The molecule has 19 heavy (non-hydrogen) atoms. The van der Waals surface area contributed by atoms with Crippen LogP contribution < -0.4 is 10.1 Å². The summed E-state index contributed by atoms with van der Waals surface area (Å²) in [6, 6.07) is 5.99. The Bertz CT molecular complexity index is 417. The second kappa shape index (κ2) is 8.23. The maximum atomic E-state index is 6.08. The standard InChI is InChI=1S/C16H24ClNO/c1-5-9-18-13(4)15-10-14(17)7-8-16(15)19-11-12(3)6-2/h7-8,10,13,18H,3,5-6,9,11H2,1-2,4H3. The summed E-state index contributed by atoms with van der Waals surface area (Å²) in [4.78, 5) is 0. The molecule has 0 aliphatic carbocycles. The molecule has 0 spiro atoms. The molecule has 0 amide bonds. The van der Waals surface area contributed by atoms with Crippen LogP contribution in [0.4, 0.5) is 0 Å². The van der Waals surface area contributed by atoms with Crippen molar-refractivity contribution in [3.05, 3.63) is 40.9 Å². The van der Waals surface area contributed by atoms with Crippen LogP contribution in [0.25, 0.3) is 0 Å². The van der Waals surface area contributed by atoms with Gasteiger partial charge >= 0.3 is 0 Å². The molecular weight excluding hydrogens is 258 g/mol. The van der Waals surface area contributed by atoms with E-state index in [1.807, 2.05) is 18.2 Å². The van der Waals surface area contributed by atoms with E-state index in [1.165, 1.54) is 0 Å². The van der Waals surface area contributed by atoms with Crippen molar-refractivity contribution >= 4 is 11.6 Å². The lowest BCUT2D eigenvalue weighted by atomic mass is 10.1. The molecule has 1 rings (SSSR count). The van der Waals surface area contributed by atoms with E-state index in [4.69, 9.17) is 16.3 Å². The van der Waals surface area contributed by atoms with E-state index in [0.29, 0.717) is 6.61 Å². The first-order chi connectivity index (χ1) is 9.08. The van der Waals surface area contributed by atoms with E-state index in [9.17, 15) is 0 Å². The lowest BCUT2D eigenvalue weighted by Gasteiger charge is -2.19. The topological polar surface area (TPSA) is 21.3 Å². The van der Waals surface area contributed by atoms with E-state index in [0.717, 1.165) is 41.3 Å². The largest absolute Gasteiger partial charge is 0.489 e. The highest BCUT2D eigenvalue weighted by Gasteiger charge is 2.12. The van der Waals surface area contributed by atoms with Crippen molar-refractivity contribution in [2.75, 3.05) is 13.2 Å². The number of ether oxygens (including phenoxy) is 1. The number of nitrogens with one attached hydrogen (secondary N) is 1. The fraction of sp³-hybridized carbons (Fsp3) is 0.500. The molecule has 1 unspecified atom stereocenters. The summed E-state index contributed by atoms with van der Waals surface area (Å²) in [6.07, 6.45) is 2.04. The lowest BCUT2D eigenvalue weighted by molar-refractivity contribution is 0.341. The van der Waals surface area contributed by atoms with Gasteiger partial charge in [-0.25, -0.2) is 0 Å². The molecule has 0 fully saturated rings. The Balaban J connectivity index is 2.81. The molecule has 0 aliphatic rings. The van der Waals surface area contributed by atoms with Crippen LogP contribution in [0, 0.1) is 0 Å². The zero-order chi connectivity index (χ0) is 14.3. The normalized spacial score (nSPS) is 12.2. The molecule has 106 valence electrons. The van der Waals surface area contributed by atoms with E-state index in [2.05, 4.69) is 32.7 Å². The highest BCUT2D eigenvalue weighted by atomic mass is 35.5. The molecule has 1 N–H and O–H groups in total. The molecule has 0 bridgehead atoms. The molecule has 0 aromatic heterocycles. The molecule has 0 saturated heterocycles. The van der Waals surface area contributed by atoms with Crippen molar-refractivity contribution in [2.24, 2.45) is 0 Å². The number of hydrogen-bond acceptors (Lipinski definition) is 2.